The molecule has 0 heterocycles. The molecule has 74 valence electrons. The summed E-state index contributed by atoms with van der Waals surface area (Å²) in [5.41, 5.74) is 10.4. The minimum Gasteiger partial charge on any atom is -0.298 e. The molecule has 0 amide bonds. The minimum atomic E-state index is 0.158. The molecule has 4 nitrogen and oxygen atoms in total. The molecular formula is C11H9N3O. The van der Waals surface area contributed by atoms with Gasteiger partial charge in [-0.2, -0.15) is 0 Å². The number of benzene rings is 1. The molecule has 0 N–H and O–H groups in total. The molecule has 0 aliphatic rings. The molecule has 0 spiro atoms. The lowest BCUT2D eigenvalue weighted by atomic mass is 10.1. The van der Waals surface area contributed by atoms with Gasteiger partial charge in [0.1, 0.15) is 6.29 Å². The van der Waals surface area contributed by atoms with Gasteiger partial charge >= 0.3 is 0 Å². The van der Waals surface area contributed by atoms with Gasteiger partial charge in [-0.3, -0.25) is 4.79 Å². The van der Waals surface area contributed by atoms with Crippen molar-refractivity contribution in [3.8, 4) is 11.8 Å². The van der Waals surface area contributed by atoms with Crippen LogP contribution in [0.1, 0.15) is 21.5 Å². The molecule has 1 aromatic carbocycles. The maximum Gasteiger partial charge on any atom is 0.150 e. The summed E-state index contributed by atoms with van der Waals surface area (Å²) in [6, 6.07) is 5.25. The molecule has 0 atom stereocenters. The maximum atomic E-state index is 10.5. The number of rotatable bonds is 2. The summed E-state index contributed by atoms with van der Waals surface area (Å²) in [6.07, 6.45) is 0.796. The zero-order chi connectivity index (χ0) is 11.1. The number of hydrogen-bond donors (Lipinski definition) is 0. The summed E-state index contributed by atoms with van der Waals surface area (Å²) >= 11 is 0. The van der Waals surface area contributed by atoms with Crippen LogP contribution < -0.4 is 0 Å². The van der Waals surface area contributed by atoms with Gasteiger partial charge in [-0.1, -0.05) is 23.0 Å². The van der Waals surface area contributed by atoms with Crippen LogP contribution >= 0.6 is 0 Å². The summed E-state index contributed by atoms with van der Waals surface area (Å²) in [4.78, 5) is 13.1. The number of azide groups is 1. The number of carbonyl (C=O) groups excluding carboxylic acids is 1. The molecule has 0 bridgehead atoms. The Kier molecular flexibility index (Phi) is 3.96. The molecule has 15 heavy (non-hydrogen) atoms. The van der Waals surface area contributed by atoms with Crippen LogP contribution in [0, 0.1) is 18.8 Å². The van der Waals surface area contributed by atoms with Crippen molar-refractivity contribution in [2.75, 3.05) is 6.54 Å². The van der Waals surface area contributed by atoms with Crippen molar-refractivity contribution in [3.63, 3.8) is 0 Å². The molecular weight excluding hydrogens is 190 g/mol. The van der Waals surface area contributed by atoms with Gasteiger partial charge in [0.05, 0.1) is 6.54 Å². The van der Waals surface area contributed by atoms with Crippen LogP contribution in [0.25, 0.3) is 10.4 Å². The average molecular weight is 199 g/mol. The number of aldehydes is 1. The van der Waals surface area contributed by atoms with E-state index >= 15 is 0 Å². The summed E-state index contributed by atoms with van der Waals surface area (Å²) in [5.74, 6) is 5.59. The molecule has 0 saturated heterocycles. The lowest BCUT2D eigenvalue weighted by molar-refractivity contribution is 0.112. The first-order valence-electron chi connectivity index (χ1n) is 4.33. The van der Waals surface area contributed by atoms with Crippen molar-refractivity contribution in [2.45, 2.75) is 6.92 Å². The highest BCUT2D eigenvalue weighted by Crippen LogP contribution is 2.08. The lowest BCUT2D eigenvalue weighted by Crippen LogP contribution is -1.86. The molecule has 0 aliphatic heterocycles. The molecule has 0 unspecified atom stereocenters. The maximum absolute atomic E-state index is 10.5. The Morgan fingerprint density at radius 2 is 2.40 bits per heavy atom. The second kappa shape index (κ2) is 5.48. The molecule has 1 aromatic rings. The van der Waals surface area contributed by atoms with E-state index < -0.39 is 0 Å². The highest BCUT2D eigenvalue weighted by Gasteiger charge is 1.95. The van der Waals surface area contributed by atoms with Gasteiger partial charge in [-0.05, 0) is 30.2 Å². The van der Waals surface area contributed by atoms with Gasteiger partial charge in [0.2, 0.25) is 0 Å². The molecule has 1 rings (SSSR count). The minimum absolute atomic E-state index is 0.158. The summed E-state index contributed by atoms with van der Waals surface area (Å²) in [5, 5.41) is 3.30. The van der Waals surface area contributed by atoms with Gasteiger partial charge in [0, 0.05) is 16.0 Å². The van der Waals surface area contributed by atoms with Gasteiger partial charge in [0.25, 0.3) is 0 Å². The third kappa shape index (κ3) is 3.18. The van der Waals surface area contributed by atoms with Gasteiger partial charge in [0.15, 0.2) is 0 Å². The van der Waals surface area contributed by atoms with Crippen LogP contribution in [0.15, 0.2) is 23.3 Å². The van der Waals surface area contributed by atoms with Crippen LogP contribution in [0.3, 0.4) is 0 Å². The second-order valence-corrected chi connectivity index (χ2v) is 2.88. The largest absolute Gasteiger partial charge is 0.298 e. The Morgan fingerprint density at radius 1 is 1.60 bits per heavy atom. The Bertz CT molecular complexity index is 476. The average Bonchev–Trinajstić information content (AvgIpc) is 2.26. The highest BCUT2D eigenvalue weighted by molar-refractivity contribution is 5.75. The topological polar surface area (TPSA) is 65.8 Å². The highest BCUT2D eigenvalue weighted by atomic mass is 16.1. The van der Waals surface area contributed by atoms with Crippen LogP contribution in [-0.2, 0) is 0 Å². The molecule has 0 aromatic heterocycles. The fourth-order valence-corrected chi connectivity index (χ4v) is 1.10. The van der Waals surface area contributed by atoms with E-state index in [0.717, 1.165) is 17.4 Å². The predicted octanol–water partition coefficient (Wildman–Crippen LogP) is 2.47. The predicted molar refractivity (Wildman–Crippen MR) is 57.5 cm³/mol. The van der Waals surface area contributed by atoms with Crippen molar-refractivity contribution >= 4 is 6.29 Å². The quantitative estimate of drug-likeness (QED) is 0.237. The van der Waals surface area contributed by atoms with E-state index in [2.05, 4.69) is 21.9 Å². The number of aryl methyl sites for hydroxylation is 1. The fourth-order valence-electron chi connectivity index (χ4n) is 1.10. The Balaban J connectivity index is 2.89. The Labute approximate surface area is 87.6 Å². The molecule has 0 saturated carbocycles. The van der Waals surface area contributed by atoms with E-state index in [1.807, 2.05) is 6.92 Å². The van der Waals surface area contributed by atoms with Crippen LogP contribution in [-0.4, -0.2) is 12.8 Å². The number of hydrogen-bond acceptors (Lipinski definition) is 2. The van der Waals surface area contributed by atoms with Crippen molar-refractivity contribution in [3.05, 3.63) is 45.3 Å². The zero-order valence-corrected chi connectivity index (χ0v) is 8.27. The SMILES string of the molecule is Cc1cc(C=O)ccc1C#CCN=[N+]=[N-]. The van der Waals surface area contributed by atoms with Gasteiger partial charge in [-0.25, -0.2) is 0 Å². The first-order valence-corrected chi connectivity index (χ1v) is 4.33. The fraction of sp³-hybridized carbons (Fsp3) is 0.182. The van der Waals surface area contributed by atoms with Crippen molar-refractivity contribution in [1.82, 2.24) is 0 Å². The first-order chi connectivity index (χ1) is 7.27. The van der Waals surface area contributed by atoms with Crippen LogP contribution in [0.5, 0.6) is 0 Å². The summed E-state index contributed by atoms with van der Waals surface area (Å²) in [7, 11) is 0. The zero-order valence-electron chi connectivity index (χ0n) is 8.27. The monoisotopic (exact) mass is 199 g/mol. The van der Waals surface area contributed by atoms with Crippen molar-refractivity contribution in [1.29, 1.82) is 0 Å². The third-order valence-corrected chi connectivity index (χ3v) is 1.82. The third-order valence-electron chi connectivity index (χ3n) is 1.82. The summed E-state index contributed by atoms with van der Waals surface area (Å²) < 4.78 is 0. The molecule has 4 heteroatoms. The van der Waals surface area contributed by atoms with E-state index in [-0.39, 0.29) is 6.54 Å². The van der Waals surface area contributed by atoms with E-state index in [4.69, 9.17) is 5.53 Å². The molecule has 0 aliphatic carbocycles. The van der Waals surface area contributed by atoms with E-state index in [0.29, 0.717) is 5.56 Å². The first kappa shape index (κ1) is 10.8. The Hall–Kier alpha value is -2.24. The van der Waals surface area contributed by atoms with E-state index in [1.54, 1.807) is 18.2 Å². The normalized spacial score (nSPS) is 8.33. The standard InChI is InChI=1S/C11H9N3O/c1-9-7-10(8-15)4-5-11(9)3-2-6-13-14-12/h4-5,7-8H,6H2,1H3. The van der Waals surface area contributed by atoms with Crippen LogP contribution in [0.4, 0.5) is 0 Å². The van der Waals surface area contributed by atoms with Crippen molar-refractivity contribution in [2.24, 2.45) is 5.11 Å². The van der Waals surface area contributed by atoms with E-state index in [1.165, 1.54) is 0 Å². The molecule has 0 fully saturated rings. The van der Waals surface area contributed by atoms with Gasteiger partial charge < -0.3 is 0 Å². The lowest BCUT2D eigenvalue weighted by Gasteiger charge is -1.97. The Morgan fingerprint density at radius 3 is 3.00 bits per heavy atom. The van der Waals surface area contributed by atoms with Crippen molar-refractivity contribution < 1.29 is 4.79 Å². The number of nitrogens with zero attached hydrogens (tertiary/aromatic N) is 3. The smallest absolute Gasteiger partial charge is 0.150 e. The van der Waals surface area contributed by atoms with E-state index in [9.17, 15) is 4.79 Å². The van der Waals surface area contributed by atoms with Gasteiger partial charge in [-0.15, -0.1) is 0 Å². The molecule has 0 radical (unpaired) electrons. The summed E-state index contributed by atoms with van der Waals surface area (Å²) in [6.45, 7) is 2.04. The second-order valence-electron chi connectivity index (χ2n) is 2.88. The number of carbonyl (C=O) groups is 1. The van der Waals surface area contributed by atoms with Crippen LogP contribution in [0.2, 0.25) is 0 Å².